The second-order valence-corrected chi connectivity index (χ2v) is 5.00. The summed E-state index contributed by atoms with van der Waals surface area (Å²) in [6, 6.07) is 11.4. The molecule has 0 spiro atoms. The van der Waals surface area contributed by atoms with Crippen molar-refractivity contribution in [2.75, 3.05) is 0 Å². The van der Waals surface area contributed by atoms with Gasteiger partial charge < -0.3 is 15.5 Å². The first kappa shape index (κ1) is 10.8. The summed E-state index contributed by atoms with van der Waals surface area (Å²) in [5.41, 5.74) is 6.74. The summed E-state index contributed by atoms with van der Waals surface area (Å²) in [6.45, 7) is 2.14. The topological polar surface area (TPSA) is 51.2 Å². The maximum atomic E-state index is 5.83. The smallest absolute Gasteiger partial charge is 0.134 e. The van der Waals surface area contributed by atoms with Gasteiger partial charge in [0, 0.05) is 17.5 Å². The number of nitrogens with one attached hydrogen (secondary N) is 1. The molecule has 3 heteroatoms. The lowest BCUT2D eigenvalue weighted by Crippen LogP contribution is -2.48. The molecular formula is C14H18N2O. The Morgan fingerprint density at radius 2 is 2.12 bits per heavy atom. The van der Waals surface area contributed by atoms with Crippen molar-refractivity contribution < 1.29 is 4.42 Å². The standard InChI is InChI=1S/C14H18N2O/c1-9(16-12-7-11(15)8-12)14-6-10-4-2-3-5-13(10)17-14/h2-6,9,11-12,16H,7-8,15H2,1H3. The van der Waals surface area contributed by atoms with E-state index in [1.807, 2.05) is 18.2 Å². The van der Waals surface area contributed by atoms with Gasteiger partial charge in [-0.15, -0.1) is 0 Å². The number of rotatable bonds is 3. The number of hydrogen-bond donors (Lipinski definition) is 2. The van der Waals surface area contributed by atoms with Crippen molar-refractivity contribution in [3.05, 3.63) is 36.1 Å². The Kier molecular flexibility index (Phi) is 2.65. The van der Waals surface area contributed by atoms with Gasteiger partial charge in [0.1, 0.15) is 11.3 Å². The fourth-order valence-corrected chi connectivity index (χ4v) is 2.45. The lowest BCUT2D eigenvalue weighted by Gasteiger charge is -2.34. The highest BCUT2D eigenvalue weighted by Crippen LogP contribution is 2.26. The van der Waals surface area contributed by atoms with Gasteiger partial charge in [0.15, 0.2) is 0 Å². The minimum atomic E-state index is 0.250. The maximum Gasteiger partial charge on any atom is 0.134 e. The van der Waals surface area contributed by atoms with Gasteiger partial charge in [-0.05, 0) is 31.9 Å². The quantitative estimate of drug-likeness (QED) is 0.852. The third-order valence-corrected chi connectivity index (χ3v) is 3.53. The molecule has 1 fully saturated rings. The van der Waals surface area contributed by atoms with Crippen LogP contribution in [0.5, 0.6) is 0 Å². The van der Waals surface area contributed by atoms with Crippen LogP contribution in [0.15, 0.2) is 34.7 Å². The number of fused-ring (bicyclic) bond motifs is 1. The molecule has 3 rings (SSSR count). The fourth-order valence-electron chi connectivity index (χ4n) is 2.45. The van der Waals surface area contributed by atoms with Crippen LogP contribution in [0, 0.1) is 0 Å². The van der Waals surface area contributed by atoms with Gasteiger partial charge in [0.25, 0.3) is 0 Å². The molecule has 3 nitrogen and oxygen atoms in total. The van der Waals surface area contributed by atoms with Crippen LogP contribution in [-0.2, 0) is 0 Å². The summed E-state index contributed by atoms with van der Waals surface area (Å²) < 4.78 is 5.83. The number of furan rings is 1. The molecule has 17 heavy (non-hydrogen) atoms. The first-order chi connectivity index (χ1) is 8.22. The summed E-state index contributed by atoms with van der Waals surface area (Å²) in [7, 11) is 0. The van der Waals surface area contributed by atoms with Crippen molar-refractivity contribution in [3.63, 3.8) is 0 Å². The second kappa shape index (κ2) is 4.17. The highest BCUT2D eigenvalue weighted by Gasteiger charge is 2.27. The van der Waals surface area contributed by atoms with E-state index >= 15 is 0 Å². The van der Waals surface area contributed by atoms with Gasteiger partial charge in [-0.2, -0.15) is 0 Å². The van der Waals surface area contributed by atoms with Gasteiger partial charge in [-0.25, -0.2) is 0 Å². The van der Waals surface area contributed by atoms with Crippen LogP contribution >= 0.6 is 0 Å². The highest BCUT2D eigenvalue weighted by molar-refractivity contribution is 5.77. The molecule has 3 N–H and O–H groups in total. The predicted octanol–water partition coefficient (Wildman–Crippen LogP) is 2.57. The van der Waals surface area contributed by atoms with Crippen molar-refractivity contribution in [1.29, 1.82) is 0 Å². The lowest BCUT2D eigenvalue weighted by atomic mass is 9.87. The second-order valence-electron chi connectivity index (χ2n) is 5.00. The highest BCUT2D eigenvalue weighted by atomic mass is 16.3. The average Bonchev–Trinajstić information content (AvgIpc) is 2.70. The molecule has 1 heterocycles. The van der Waals surface area contributed by atoms with Crippen LogP contribution in [-0.4, -0.2) is 12.1 Å². The summed E-state index contributed by atoms with van der Waals surface area (Å²) in [5.74, 6) is 1.01. The Morgan fingerprint density at radius 1 is 1.35 bits per heavy atom. The zero-order chi connectivity index (χ0) is 11.8. The Hall–Kier alpha value is -1.32. The van der Waals surface area contributed by atoms with E-state index in [9.17, 15) is 0 Å². The number of hydrogen-bond acceptors (Lipinski definition) is 3. The molecule has 1 aliphatic carbocycles. The van der Waals surface area contributed by atoms with E-state index in [0.717, 1.165) is 24.2 Å². The van der Waals surface area contributed by atoms with Crippen LogP contribution in [0.3, 0.4) is 0 Å². The number of para-hydroxylation sites is 1. The number of nitrogens with two attached hydrogens (primary N) is 1. The van der Waals surface area contributed by atoms with Gasteiger partial charge in [0.2, 0.25) is 0 Å². The fraction of sp³-hybridized carbons (Fsp3) is 0.429. The molecule has 1 aliphatic rings. The van der Waals surface area contributed by atoms with Crippen molar-refractivity contribution in [3.8, 4) is 0 Å². The summed E-state index contributed by atoms with van der Waals surface area (Å²) in [6.07, 6.45) is 2.15. The average molecular weight is 230 g/mol. The van der Waals surface area contributed by atoms with Crippen molar-refractivity contribution in [2.45, 2.75) is 37.9 Å². The van der Waals surface area contributed by atoms with Gasteiger partial charge in [0.05, 0.1) is 6.04 Å². The normalized spacial score (nSPS) is 25.8. The van der Waals surface area contributed by atoms with Crippen molar-refractivity contribution in [2.24, 2.45) is 5.73 Å². The maximum absolute atomic E-state index is 5.83. The Balaban J connectivity index is 1.74. The molecule has 0 amide bonds. The van der Waals surface area contributed by atoms with E-state index in [4.69, 9.17) is 10.2 Å². The first-order valence-corrected chi connectivity index (χ1v) is 6.22. The van der Waals surface area contributed by atoms with Gasteiger partial charge in [-0.3, -0.25) is 0 Å². The van der Waals surface area contributed by atoms with Crippen molar-refractivity contribution >= 4 is 11.0 Å². The third kappa shape index (κ3) is 2.08. The molecular weight excluding hydrogens is 212 g/mol. The molecule has 0 aliphatic heterocycles. The molecule has 0 bridgehead atoms. The molecule has 1 aromatic carbocycles. The van der Waals surface area contributed by atoms with E-state index in [1.54, 1.807) is 0 Å². The molecule has 1 aromatic heterocycles. The summed E-state index contributed by atoms with van der Waals surface area (Å²) >= 11 is 0. The SMILES string of the molecule is CC(NC1CC(N)C1)c1cc2ccccc2o1. The minimum Gasteiger partial charge on any atom is -0.459 e. The molecule has 1 unspecified atom stereocenters. The third-order valence-electron chi connectivity index (χ3n) is 3.53. The zero-order valence-electron chi connectivity index (χ0n) is 10.0. The zero-order valence-corrected chi connectivity index (χ0v) is 10.0. The van der Waals surface area contributed by atoms with Crippen LogP contribution in [0.1, 0.15) is 31.6 Å². The van der Waals surface area contributed by atoms with E-state index < -0.39 is 0 Å². The Morgan fingerprint density at radius 3 is 2.82 bits per heavy atom. The van der Waals surface area contributed by atoms with Gasteiger partial charge >= 0.3 is 0 Å². The summed E-state index contributed by atoms with van der Waals surface area (Å²) in [4.78, 5) is 0. The molecule has 0 radical (unpaired) electrons. The van der Waals surface area contributed by atoms with Crippen LogP contribution in [0.4, 0.5) is 0 Å². The summed E-state index contributed by atoms with van der Waals surface area (Å²) in [5, 5.41) is 4.72. The van der Waals surface area contributed by atoms with E-state index in [2.05, 4.69) is 24.4 Å². The Bertz CT molecular complexity index is 481. The molecule has 1 atom stereocenters. The van der Waals surface area contributed by atoms with Crippen molar-refractivity contribution in [1.82, 2.24) is 5.32 Å². The predicted molar refractivity (Wildman–Crippen MR) is 68.8 cm³/mol. The molecule has 0 saturated heterocycles. The monoisotopic (exact) mass is 230 g/mol. The van der Waals surface area contributed by atoms with E-state index in [0.29, 0.717) is 12.1 Å². The minimum absolute atomic E-state index is 0.250. The molecule has 1 saturated carbocycles. The van der Waals surface area contributed by atoms with Crippen LogP contribution in [0.2, 0.25) is 0 Å². The lowest BCUT2D eigenvalue weighted by molar-refractivity contribution is 0.261. The number of benzene rings is 1. The Labute approximate surface area is 101 Å². The van der Waals surface area contributed by atoms with E-state index in [-0.39, 0.29) is 6.04 Å². The molecule has 90 valence electrons. The van der Waals surface area contributed by atoms with E-state index in [1.165, 1.54) is 5.39 Å². The first-order valence-electron chi connectivity index (χ1n) is 6.22. The largest absolute Gasteiger partial charge is 0.459 e. The van der Waals surface area contributed by atoms with Gasteiger partial charge in [-0.1, -0.05) is 18.2 Å². The van der Waals surface area contributed by atoms with Crippen LogP contribution < -0.4 is 11.1 Å². The molecule has 2 aromatic rings. The van der Waals surface area contributed by atoms with Crippen LogP contribution in [0.25, 0.3) is 11.0 Å².